The molecule has 0 aromatic rings. The van der Waals surface area contributed by atoms with Gasteiger partial charge in [-0.15, -0.1) is 0 Å². The molecule has 0 saturated carbocycles. The Labute approximate surface area is 94.6 Å². The molecule has 1 atom stereocenters. The van der Waals surface area contributed by atoms with E-state index >= 15 is 0 Å². The summed E-state index contributed by atoms with van der Waals surface area (Å²) in [7, 11) is -4.48. The molecule has 1 unspecified atom stereocenters. The van der Waals surface area contributed by atoms with Gasteiger partial charge >= 0.3 is 0 Å². The molecule has 86 valence electrons. The standard InChI is InChI=1S/C11H24O2S/c1-10(2,3)9(11(4,5)6)8-14(7,12)13/h9H,8H2,1-7H3/i7D3,8D. The molecule has 0 heterocycles. The maximum atomic E-state index is 11.9. The topological polar surface area (TPSA) is 34.1 Å². The zero-order valence-electron chi connectivity index (χ0n) is 13.9. The van der Waals surface area contributed by atoms with Crippen LogP contribution >= 0.6 is 0 Å². The molecule has 0 bridgehead atoms. The second-order valence-electron chi connectivity index (χ2n) is 5.89. The van der Waals surface area contributed by atoms with Crippen molar-refractivity contribution < 1.29 is 13.9 Å². The second-order valence-corrected chi connectivity index (χ2v) is 7.25. The van der Waals surface area contributed by atoms with Crippen molar-refractivity contribution in [2.24, 2.45) is 16.7 Å². The zero-order chi connectivity index (χ0) is 15.2. The van der Waals surface area contributed by atoms with E-state index in [-0.39, 0.29) is 0 Å². The molecule has 0 spiro atoms. The van der Waals surface area contributed by atoms with Crippen molar-refractivity contribution in [1.29, 1.82) is 0 Å². The Kier molecular flexibility index (Phi) is 2.23. The van der Waals surface area contributed by atoms with Gasteiger partial charge in [-0.1, -0.05) is 41.5 Å². The summed E-state index contributed by atoms with van der Waals surface area (Å²) in [6, 6.07) is 0. The Morgan fingerprint density at radius 3 is 1.71 bits per heavy atom. The van der Waals surface area contributed by atoms with Crippen LogP contribution in [0.1, 0.15) is 47.0 Å². The van der Waals surface area contributed by atoms with Gasteiger partial charge in [0.25, 0.3) is 0 Å². The molecular formula is C11H24O2S. The van der Waals surface area contributed by atoms with Gasteiger partial charge in [0.2, 0.25) is 0 Å². The van der Waals surface area contributed by atoms with Crippen LogP contribution in [0.4, 0.5) is 0 Å². The van der Waals surface area contributed by atoms with Crippen LogP contribution in [0.15, 0.2) is 0 Å². The van der Waals surface area contributed by atoms with Gasteiger partial charge in [0.15, 0.2) is 0 Å². The third-order valence-electron chi connectivity index (χ3n) is 2.18. The third kappa shape index (κ3) is 4.99. The number of hydrogen-bond donors (Lipinski definition) is 0. The van der Waals surface area contributed by atoms with Crippen LogP contribution in [0.25, 0.3) is 0 Å². The quantitative estimate of drug-likeness (QED) is 0.723. The van der Waals surface area contributed by atoms with Crippen LogP contribution < -0.4 is 0 Å². The first kappa shape index (κ1) is 8.14. The molecule has 0 fully saturated rings. The maximum Gasteiger partial charge on any atom is 0.147 e. The van der Waals surface area contributed by atoms with Gasteiger partial charge in [-0.05, 0) is 16.7 Å². The lowest BCUT2D eigenvalue weighted by Gasteiger charge is -2.40. The normalized spacial score (nSPS) is 22.2. The Balaban J connectivity index is 5.73. The minimum Gasteiger partial charge on any atom is -0.229 e. The molecule has 14 heavy (non-hydrogen) atoms. The third-order valence-corrected chi connectivity index (χ3v) is 2.81. The number of hydrogen-bond acceptors (Lipinski definition) is 2. The molecule has 2 nitrogen and oxygen atoms in total. The van der Waals surface area contributed by atoms with Crippen molar-refractivity contribution in [3.63, 3.8) is 0 Å². The van der Waals surface area contributed by atoms with Crippen LogP contribution in [0.5, 0.6) is 0 Å². The molecule has 0 aliphatic rings. The summed E-state index contributed by atoms with van der Waals surface area (Å²) in [5.74, 6) is -0.574. The fourth-order valence-electron chi connectivity index (χ4n) is 1.89. The molecular weight excluding hydrogens is 196 g/mol. The molecule has 0 aromatic heterocycles. The minimum absolute atomic E-state index is 0.469. The Morgan fingerprint density at radius 1 is 1.14 bits per heavy atom. The average Bonchev–Trinajstić information content (AvgIpc) is 1.95. The largest absolute Gasteiger partial charge is 0.229 e. The summed E-state index contributed by atoms with van der Waals surface area (Å²) in [5.41, 5.74) is -2.59. The van der Waals surface area contributed by atoms with Crippen LogP contribution in [0.3, 0.4) is 0 Å². The van der Waals surface area contributed by atoms with Crippen molar-refractivity contribution in [1.82, 2.24) is 0 Å². The molecule has 0 radical (unpaired) electrons. The van der Waals surface area contributed by atoms with Gasteiger partial charge in [-0.25, -0.2) is 8.42 Å². The summed E-state index contributed by atoms with van der Waals surface area (Å²) < 4.78 is 53.1. The monoisotopic (exact) mass is 224 g/mol. The predicted octanol–water partition coefficient (Wildman–Crippen LogP) is 2.74. The molecule has 0 amide bonds. The van der Waals surface area contributed by atoms with E-state index in [1.807, 2.05) is 41.5 Å². The zero-order valence-corrected chi connectivity index (χ0v) is 10.7. The first-order valence-corrected chi connectivity index (χ1v) is 6.23. The van der Waals surface area contributed by atoms with E-state index in [1.165, 1.54) is 0 Å². The lowest BCUT2D eigenvalue weighted by atomic mass is 9.68. The summed E-state index contributed by atoms with van der Waals surface area (Å²) in [6.45, 7) is 11.0. The Bertz CT molecular complexity index is 371. The minimum atomic E-state index is -4.48. The summed E-state index contributed by atoms with van der Waals surface area (Å²) in [6.07, 6.45) is -3.13. The molecule has 0 N–H and O–H groups in total. The number of rotatable bonds is 2. The smallest absolute Gasteiger partial charge is 0.147 e. The summed E-state index contributed by atoms with van der Waals surface area (Å²) >= 11 is 0. The highest BCUT2D eigenvalue weighted by Crippen LogP contribution is 2.40. The van der Waals surface area contributed by atoms with E-state index in [9.17, 15) is 8.42 Å². The first-order chi connectivity index (χ1) is 7.53. The van der Waals surface area contributed by atoms with Gasteiger partial charge < -0.3 is 0 Å². The SMILES string of the molecule is [2H]C(C(C(C)(C)C)C(C)(C)C)S(=O)(=O)C([2H])([2H])[2H]. The molecule has 3 heteroatoms. The lowest BCUT2D eigenvalue weighted by Crippen LogP contribution is -2.37. The van der Waals surface area contributed by atoms with Crippen LogP contribution in [0.2, 0.25) is 0 Å². The fourth-order valence-corrected chi connectivity index (χ4v) is 3.06. The van der Waals surface area contributed by atoms with Crippen LogP contribution in [0, 0.1) is 16.7 Å². The van der Waals surface area contributed by atoms with Gasteiger partial charge in [0, 0.05) is 11.7 Å². The highest BCUT2D eigenvalue weighted by atomic mass is 32.2. The van der Waals surface area contributed by atoms with E-state index in [0.29, 0.717) is 0 Å². The van der Waals surface area contributed by atoms with Crippen LogP contribution in [-0.2, 0) is 9.84 Å². The van der Waals surface area contributed by atoms with Crippen LogP contribution in [-0.4, -0.2) is 20.3 Å². The van der Waals surface area contributed by atoms with Crippen molar-refractivity contribution in [2.45, 2.75) is 41.5 Å². The van der Waals surface area contributed by atoms with Crippen molar-refractivity contribution in [3.05, 3.63) is 0 Å². The van der Waals surface area contributed by atoms with E-state index in [4.69, 9.17) is 5.48 Å². The fraction of sp³-hybridized carbons (Fsp3) is 1.00. The summed E-state index contributed by atoms with van der Waals surface area (Å²) in [4.78, 5) is 0. The van der Waals surface area contributed by atoms with E-state index in [1.54, 1.807) is 0 Å². The van der Waals surface area contributed by atoms with Gasteiger partial charge in [-0.2, -0.15) is 0 Å². The molecule has 0 aliphatic carbocycles. The van der Waals surface area contributed by atoms with E-state index < -0.39 is 38.5 Å². The molecule has 0 saturated heterocycles. The molecule has 0 aromatic carbocycles. The Morgan fingerprint density at radius 2 is 1.50 bits per heavy atom. The van der Waals surface area contributed by atoms with Crippen molar-refractivity contribution in [2.75, 3.05) is 11.9 Å². The van der Waals surface area contributed by atoms with Gasteiger partial charge in [0.05, 0.1) is 5.73 Å². The van der Waals surface area contributed by atoms with Crippen molar-refractivity contribution >= 4 is 9.84 Å². The lowest BCUT2D eigenvalue weighted by molar-refractivity contribution is 0.123. The molecule has 0 aliphatic heterocycles. The highest BCUT2D eigenvalue weighted by molar-refractivity contribution is 7.90. The predicted molar refractivity (Wildman–Crippen MR) is 62.1 cm³/mol. The molecule has 0 rings (SSSR count). The first-order valence-electron chi connectivity index (χ1n) is 6.76. The highest BCUT2D eigenvalue weighted by Gasteiger charge is 2.36. The van der Waals surface area contributed by atoms with E-state index in [0.717, 1.165) is 0 Å². The number of sulfone groups is 1. The van der Waals surface area contributed by atoms with Crippen molar-refractivity contribution in [3.8, 4) is 0 Å². The average molecular weight is 224 g/mol. The second kappa shape index (κ2) is 3.84. The Hall–Kier alpha value is -0.0500. The maximum absolute atomic E-state index is 11.9. The van der Waals surface area contributed by atoms with E-state index in [2.05, 4.69) is 0 Å². The van der Waals surface area contributed by atoms with Gasteiger partial charge in [0.1, 0.15) is 9.84 Å². The summed E-state index contributed by atoms with van der Waals surface area (Å²) in [5, 5.41) is 0. The van der Waals surface area contributed by atoms with Gasteiger partial charge in [-0.3, -0.25) is 0 Å².